The number of hydrogen-bond acceptors (Lipinski definition) is 3. The zero-order valence-corrected chi connectivity index (χ0v) is 11.3. The molecule has 0 aliphatic rings. The van der Waals surface area contributed by atoms with Gasteiger partial charge < -0.3 is 5.11 Å². The molecule has 0 bridgehead atoms. The van der Waals surface area contributed by atoms with E-state index in [2.05, 4.69) is 4.72 Å². The molecule has 0 aromatic heterocycles. The quantitative estimate of drug-likeness (QED) is 0.862. The van der Waals surface area contributed by atoms with Crippen molar-refractivity contribution in [2.24, 2.45) is 0 Å². The minimum Gasteiger partial charge on any atom is -0.393 e. The van der Waals surface area contributed by atoms with Gasteiger partial charge in [0.2, 0.25) is 10.0 Å². The number of halogens is 1. The summed E-state index contributed by atoms with van der Waals surface area (Å²) in [5.74, 6) is 0. The van der Waals surface area contributed by atoms with E-state index in [4.69, 9.17) is 11.6 Å². The van der Waals surface area contributed by atoms with Crippen LogP contribution < -0.4 is 4.72 Å². The molecule has 96 valence electrons. The smallest absolute Gasteiger partial charge is 0.240 e. The number of hydrogen-bond donors (Lipinski definition) is 2. The predicted octanol–water partition coefficient (Wildman–Crippen LogP) is 1.78. The lowest BCUT2D eigenvalue weighted by Gasteiger charge is -2.15. The molecule has 6 heteroatoms. The van der Waals surface area contributed by atoms with Crippen LogP contribution in [0.3, 0.4) is 0 Å². The van der Waals surface area contributed by atoms with E-state index >= 15 is 0 Å². The van der Waals surface area contributed by atoms with Crippen LogP contribution in [0.15, 0.2) is 29.2 Å². The summed E-state index contributed by atoms with van der Waals surface area (Å²) in [6.07, 6.45) is -0.176. The summed E-state index contributed by atoms with van der Waals surface area (Å²) in [6, 6.07) is 5.61. The third kappa shape index (κ3) is 4.63. The number of benzene rings is 1. The van der Waals surface area contributed by atoms with Gasteiger partial charge in [0.25, 0.3) is 0 Å². The fourth-order valence-electron chi connectivity index (χ4n) is 1.51. The molecule has 0 aliphatic carbocycles. The molecule has 4 nitrogen and oxygen atoms in total. The first-order valence-electron chi connectivity index (χ1n) is 5.27. The fourth-order valence-corrected chi connectivity index (χ4v) is 2.89. The maximum atomic E-state index is 11.9. The average molecular weight is 278 g/mol. The highest BCUT2D eigenvalue weighted by Gasteiger charge is 2.17. The van der Waals surface area contributed by atoms with E-state index in [1.54, 1.807) is 13.8 Å². The molecule has 0 saturated heterocycles. The molecule has 2 N–H and O–H groups in total. The zero-order valence-electron chi connectivity index (χ0n) is 9.72. The molecule has 0 radical (unpaired) electrons. The van der Waals surface area contributed by atoms with Crippen LogP contribution in [-0.2, 0) is 10.0 Å². The van der Waals surface area contributed by atoms with E-state index in [-0.39, 0.29) is 10.9 Å². The second-order valence-electron chi connectivity index (χ2n) is 4.06. The van der Waals surface area contributed by atoms with Gasteiger partial charge in [0.15, 0.2) is 0 Å². The Morgan fingerprint density at radius 1 is 1.29 bits per heavy atom. The van der Waals surface area contributed by atoms with Crippen LogP contribution in [0.25, 0.3) is 0 Å². The molecule has 17 heavy (non-hydrogen) atoms. The lowest BCUT2D eigenvalue weighted by molar-refractivity contribution is 0.175. The summed E-state index contributed by atoms with van der Waals surface area (Å²) in [7, 11) is -3.54. The van der Waals surface area contributed by atoms with Crippen LogP contribution in [0.4, 0.5) is 0 Å². The van der Waals surface area contributed by atoms with Crippen LogP contribution in [0.2, 0.25) is 5.02 Å². The largest absolute Gasteiger partial charge is 0.393 e. The van der Waals surface area contributed by atoms with Crippen molar-refractivity contribution < 1.29 is 13.5 Å². The Hall–Kier alpha value is -0.620. The summed E-state index contributed by atoms with van der Waals surface area (Å²) in [5.41, 5.74) is 0. The van der Waals surface area contributed by atoms with Crippen LogP contribution in [0.5, 0.6) is 0 Å². The molecular formula is C11H16ClNO3S. The molecule has 0 spiro atoms. The SMILES string of the molecule is CC(O)CC(C)NS(=O)(=O)c1ccc(Cl)cc1. The molecule has 1 aromatic carbocycles. The van der Waals surface area contributed by atoms with Gasteiger partial charge in [-0.15, -0.1) is 0 Å². The topological polar surface area (TPSA) is 66.4 Å². The fraction of sp³-hybridized carbons (Fsp3) is 0.455. The van der Waals surface area contributed by atoms with Gasteiger partial charge in [0, 0.05) is 11.1 Å². The highest BCUT2D eigenvalue weighted by molar-refractivity contribution is 7.89. The van der Waals surface area contributed by atoms with Crippen LogP contribution in [0, 0.1) is 0 Å². The Balaban J connectivity index is 2.78. The van der Waals surface area contributed by atoms with Crippen molar-refractivity contribution >= 4 is 21.6 Å². The first kappa shape index (κ1) is 14.4. The number of aliphatic hydroxyl groups is 1. The normalized spacial score (nSPS) is 15.5. The number of nitrogens with one attached hydrogen (secondary N) is 1. The van der Waals surface area contributed by atoms with Gasteiger partial charge in [-0.05, 0) is 44.5 Å². The predicted molar refractivity (Wildman–Crippen MR) is 67.5 cm³/mol. The standard InChI is InChI=1S/C11H16ClNO3S/c1-8(7-9(2)14)13-17(15,16)11-5-3-10(12)4-6-11/h3-6,8-9,13-14H,7H2,1-2H3. The first-order chi connectivity index (χ1) is 7.81. The van der Waals surface area contributed by atoms with E-state index in [1.807, 2.05) is 0 Å². The highest BCUT2D eigenvalue weighted by atomic mass is 35.5. The van der Waals surface area contributed by atoms with Gasteiger partial charge in [0.05, 0.1) is 11.0 Å². The first-order valence-corrected chi connectivity index (χ1v) is 7.13. The average Bonchev–Trinajstić information content (AvgIpc) is 2.15. The molecule has 0 amide bonds. The van der Waals surface area contributed by atoms with Crippen molar-refractivity contribution in [3.8, 4) is 0 Å². The van der Waals surface area contributed by atoms with Crippen LogP contribution in [-0.4, -0.2) is 25.7 Å². The van der Waals surface area contributed by atoms with E-state index in [0.717, 1.165) is 0 Å². The Kier molecular flexibility index (Phi) is 4.94. The van der Waals surface area contributed by atoms with Gasteiger partial charge in [-0.2, -0.15) is 0 Å². The third-order valence-electron chi connectivity index (χ3n) is 2.17. The molecule has 0 aliphatic heterocycles. The van der Waals surface area contributed by atoms with Gasteiger partial charge in [-0.1, -0.05) is 11.6 Å². The molecule has 2 atom stereocenters. The Morgan fingerprint density at radius 2 is 1.82 bits per heavy atom. The van der Waals surface area contributed by atoms with E-state index < -0.39 is 16.1 Å². The summed E-state index contributed by atoms with van der Waals surface area (Å²) < 4.78 is 26.3. The Bertz CT molecular complexity index is 456. The molecule has 0 saturated carbocycles. The maximum Gasteiger partial charge on any atom is 0.240 e. The summed E-state index contributed by atoms with van der Waals surface area (Å²) in [5, 5.41) is 9.66. The van der Waals surface area contributed by atoms with Crippen LogP contribution >= 0.6 is 11.6 Å². The van der Waals surface area contributed by atoms with Gasteiger partial charge in [0.1, 0.15) is 0 Å². The molecule has 1 aromatic rings. The lowest BCUT2D eigenvalue weighted by Crippen LogP contribution is -2.34. The van der Waals surface area contributed by atoms with Gasteiger partial charge in [-0.3, -0.25) is 0 Å². The van der Waals surface area contributed by atoms with E-state index in [1.165, 1.54) is 24.3 Å². The summed E-state index contributed by atoms with van der Waals surface area (Å²) in [6.45, 7) is 3.33. The Labute approximate surface area is 107 Å². The third-order valence-corrected chi connectivity index (χ3v) is 4.03. The van der Waals surface area contributed by atoms with Crippen molar-refractivity contribution in [2.75, 3.05) is 0 Å². The Morgan fingerprint density at radius 3 is 2.29 bits per heavy atom. The van der Waals surface area contributed by atoms with Crippen molar-refractivity contribution in [1.29, 1.82) is 0 Å². The molecule has 2 unspecified atom stereocenters. The van der Waals surface area contributed by atoms with Crippen molar-refractivity contribution in [2.45, 2.75) is 37.3 Å². The second-order valence-corrected chi connectivity index (χ2v) is 6.21. The monoisotopic (exact) mass is 277 g/mol. The summed E-state index contributed by atoms with van der Waals surface area (Å²) in [4.78, 5) is 0.166. The zero-order chi connectivity index (χ0) is 13.1. The van der Waals surface area contributed by atoms with Crippen molar-refractivity contribution in [1.82, 2.24) is 4.72 Å². The molecule has 0 fully saturated rings. The number of sulfonamides is 1. The minimum absolute atomic E-state index is 0.166. The van der Waals surface area contributed by atoms with Crippen LogP contribution in [0.1, 0.15) is 20.3 Å². The van der Waals surface area contributed by atoms with E-state index in [0.29, 0.717) is 11.4 Å². The number of rotatable bonds is 5. The van der Waals surface area contributed by atoms with Crippen molar-refractivity contribution in [3.05, 3.63) is 29.3 Å². The minimum atomic E-state index is -3.54. The molecule has 1 rings (SSSR count). The van der Waals surface area contributed by atoms with Gasteiger partial charge >= 0.3 is 0 Å². The molecular weight excluding hydrogens is 262 g/mol. The van der Waals surface area contributed by atoms with Gasteiger partial charge in [-0.25, -0.2) is 13.1 Å². The second kappa shape index (κ2) is 5.82. The number of aliphatic hydroxyl groups excluding tert-OH is 1. The summed E-state index contributed by atoms with van der Waals surface area (Å²) >= 11 is 5.69. The highest BCUT2D eigenvalue weighted by Crippen LogP contribution is 2.14. The lowest BCUT2D eigenvalue weighted by atomic mass is 10.2. The molecule has 0 heterocycles. The van der Waals surface area contributed by atoms with Crippen molar-refractivity contribution in [3.63, 3.8) is 0 Å². The maximum absolute atomic E-state index is 11.9. The van der Waals surface area contributed by atoms with E-state index in [9.17, 15) is 13.5 Å².